The van der Waals surface area contributed by atoms with Gasteiger partial charge < -0.3 is 10.6 Å². The Bertz CT molecular complexity index is 575. The lowest BCUT2D eigenvalue weighted by molar-refractivity contribution is -0.135. The van der Waals surface area contributed by atoms with Gasteiger partial charge in [-0.05, 0) is 51.4 Å². The lowest BCUT2D eigenvalue weighted by Gasteiger charge is -2.24. The average molecular weight is 334 g/mol. The SMILES string of the molecule is CC(C)CC[C@]1(C)NC(=O)N(CC(=O)NC2(C#N)CCCC2)C1=O. The van der Waals surface area contributed by atoms with Gasteiger partial charge in [0.1, 0.15) is 17.6 Å². The average Bonchev–Trinajstić information content (AvgIpc) is 3.05. The summed E-state index contributed by atoms with van der Waals surface area (Å²) in [5.74, 6) is -0.419. The molecule has 0 unspecified atom stereocenters. The second kappa shape index (κ2) is 6.80. The normalized spacial score (nSPS) is 25.7. The number of imide groups is 1. The smallest absolute Gasteiger partial charge is 0.325 e. The third-order valence-corrected chi connectivity index (χ3v) is 4.92. The first-order valence-electron chi connectivity index (χ1n) is 8.58. The Labute approximate surface area is 142 Å². The Kier molecular flexibility index (Phi) is 5.16. The number of urea groups is 1. The maximum absolute atomic E-state index is 12.6. The maximum atomic E-state index is 12.6. The second-order valence-electron chi connectivity index (χ2n) is 7.54. The summed E-state index contributed by atoms with van der Waals surface area (Å²) in [7, 11) is 0. The zero-order chi connectivity index (χ0) is 18.0. The van der Waals surface area contributed by atoms with Gasteiger partial charge in [-0.1, -0.05) is 13.8 Å². The van der Waals surface area contributed by atoms with Gasteiger partial charge in [0.15, 0.2) is 0 Å². The number of rotatable bonds is 6. The highest BCUT2D eigenvalue weighted by atomic mass is 16.2. The fourth-order valence-electron chi connectivity index (χ4n) is 3.33. The fourth-order valence-corrected chi connectivity index (χ4v) is 3.33. The number of nitrogens with zero attached hydrogens (tertiary/aromatic N) is 2. The molecule has 1 atom stereocenters. The van der Waals surface area contributed by atoms with Crippen LogP contribution >= 0.6 is 0 Å². The van der Waals surface area contributed by atoms with Crippen LogP contribution in [0.3, 0.4) is 0 Å². The van der Waals surface area contributed by atoms with Crippen molar-refractivity contribution in [3.8, 4) is 6.07 Å². The summed E-state index contributed by atoms with van der Waals surface area (Å²) in [5, 5.41) is 14.7. The number of carbonyl (C=O) groups is 3. The predicted octanol–water partition coefficient (Wildman–Crippen LogP) is 1.69. The van der Waals surface area contributed by atoms with Crippen LogP contribution in [0.25, 0.3) is 0 Å². The number of nitriles is 1. The van der Waals surface area contributed by atoms with Crippen molar-refractivity contribution in [2.75, 3.05) is 6.54 Å². The minimum absolute atomic E-state index is 0.342. The Hall–Kier alpha value is -2.10. The van der Waals surface area contributed by atoms with Gasteiger partial charge >= 0.3 is 6.03 Å². The monoisotopic (exact) mass is 334 g/mol. The highest BCUT2D eigenvalue weighted by Crippen LogP contribution is 2.29. The molecule has 1 aliphatic heterocycles. The molecule has 0 aromatic rings. The van der Waals surface area contributed by atoms with Crippen molar-refractivity contribution in [2.45, 2.75) is 70.4 Å². The summed E-state index contributed by atoms with van der Waals surface area (Å²) in [4.78, 5) is 37.9. The van der Waals surface area contributed by atoms with Crippen LogP contribution in [0.2, 0.25) is 0 Å². The van der Waals surface area contributed by atoms with Gasteiger partial charge in [-0.3, -0.25) is 14.5 Å². The van der Waals surface area contributed by atoms with E-state index in [0.29, 0.717) is 25.2 Å². The molecule has 7 heteroatoms. The van der Waals surface area contributed by atoms with E-state index in [1.165, 1.54) is 0 Å². The number of carbonyl (C=O) groups excluding carboxylic acids is 3. The molecule has 132 valence electrons. The number of amides is 4. The van der Waals surface area contributed by atoms with Gasteiger partial charge in [0, 0.05) is 0 Å². The van der Waals surface area contributed by atoms with Gasteiger partial charge in [0.2, 0.25) is 5.91 Å². The fraction of sp³-hybridized carbons (Fsp3) is 0.765. The molecule has 24 heavy (non-hydrogen) atoms. The first-order valence-corrected chi connectivity index (χ1v) is 8.58. The Balaban J connectivity index is 1.99. The Morgan fingerprint density at radius 3 is 2.54 bits per heavy atom. The molecule has 4 amide bonds. The van der Waals surface area contributed by atoms with Crippen LogP contribution < -0.4 is 10.6 Å². The molecule has 2 N–H and O–H groups in total. The zero-order valence-corrected chi connectivity index (χ0v) is 14.6. The van der Waals surface area contributed by atoms with Crippen molar-refractivity contribution in [3.05, 3.63) is 0 Å². The van der Waals surface area contributed by atoms with Gasteiger partial charge in [-0.25, -0.2) is 4.79 Å². The highest BCUT2D eigenvalue weighted by Gasteiger charge is 2.48. The summed E-state index contributed by atoms with van der Waals surface area (Å²) in [6.07, 6.45) is 4.35. The molecule has 1 saturated heterocycles. The summed E-state index contributed by atoms with van der Waals surface area (Å²) in [6.45, 7) is 5.46. The van der Waals surface area contributed by atoms with Crippen LogP contribution in [-0.2, 0) is 9.59 Å². The molecule has 1 aliphatic carbocycles. The third-order valence-electron chi connectivity index (χ3n) is 4.92. The molecule has 0 bridgehead atoms. The summed E-state index contributed by atoms with van der Waals surface area (Å²) in [6, 6.07) is 1.63. The van der Waals surface area contributed by atoms with Gasteiger partial charge in [0.05, 0.1) is 6.07 Å². The highest BCUT2D eigenvalue weighted by molar-refractivity contribution is 6.08. The first kappa shape index (κ1) is 18.2. The molecule has 1 heterocycles. The molecule has 2 fully saturated rings. The summed E-state index contributed by atoms with van der Waals surface area (Å²) in [5.41, 5.74) is -1.81. The lowest BCUT2D eigenvalue weighted by Crippen LogP contribution is -2.50. The maximum Gasteiger partial charge on any atom is 0.325 e. The van der Waals surface area contributed by atoms with E-state index in [-0.39, 0.29) is 12.5 Å². The van der Waals surface area contributed by atoms with E-state index in [1.807, 2.05) is 0 Å². The Morgan fingerprint density at radius 1 is 1.38 bits per heavy atom. The third kappa shape index (κ3) is 3.69. The first-order chi connectivity index (χ1) is 11.2. The van der Waals surface area contributed by atoms with Crippen molar-refractivity contribution in [1.29, 1.82) is 5.26 Å². The van der Waals surface area contributed by atoms with E-state index < -0.39 is 23.0 Å². The van der Waals surface area contributed by atoms with Crippen LogP contribution in [0, 0.1) is 17.2 Å². The summed E-state index contributed by atoms with van der Waals surface area (Å²) < 4.78 is 0. The molecular weight excluding hydrogens is 308 g/mol. The molecule has 2 aliphatic rings. The van der Waals surface area contributed by atoms with Crippen molar-refractivity contribution in [3.63, 3.8) is 0 Å². The second-order valence-corrected chi connectivity index (χ2v) is 7.54. The Morgan fingerprint density at radius 2 is 2.00 bits per heavy atom. The van der Waals surface area contributed by atoms with Crippen molar-refractivity contribution in [2.24, 2.45) is 5.92 Å². The van der Waals surface area contributed by atoms with E-state index in [0.717, 1.165) is 24.2 Å². The van der Waals surface area contributed by atoms with Crippen LogP contribution in [0.5, 0.6) is 0 Å². The number of nitrogens with one attached hydrogen (secondary N) is 2. The molecule has 0 aromatic carbocycles. The van der Waals surface area contributed by atoms with Crippen LogP contribution in [0.15, 0.2) is 0 Å². The van der Waals surface area contributed by atoms with Gasteiger partial charge in [-0.15, -0.1) is 0 Å². The van der Waals surface area contributed by atoms with Crippen LogP contribution in [-0.4, -0.2) is 40.4 Å². The minimum Gasteiger partial charge on any atom is -0.336 e. The van der Waals surface area contributed by atoms with Gasteiger partial charge in [-0.2, -0.15) is 5.26 Å². The largest absolute Gasteiger partial charge is 0.336 e. The predicted molar refractivity (Wildman–Crippen MR) is 87.7 cm³/mol. The molecule has 0 spiro atoms. The van der Waals surface area contributed by atoms with E-state index in [9.17, 15) is 19.6 Å². The minimum atomic E-state index is -0.956. The number of hydrogen-bond acceptors (Lipinski definition) is 4. The zero-order valence-electron chi connectivity index (χ0n) is 14.6. The quantitative estimate of drug-likeness (QED) is 0.721. The van der Waals surface area contributed by atoms with E-state index in [2.05, 4.69) is 30.6 Å². The standard InChI is InChI=1S/C17H26N4O3/c1-12(2)6-9-16(3)14(23)21(15(24)20-16)10-13(22)19-17(11-18)7-4-5-8-17/h12H,4-10H2,1-3H3,(H,19,22)(H,20,24)/t16-/m0/s1. The lowest BCUT2D eigenvalue weighted by atomic mass is 9.92. The van der Waals surface area contributed by atoms with Crippen molar-refractivity contribution >= 4 is 17.8 Å². The van der Waals surface area contributed by atoms with E-state index in [4.69, 9.17) is 0 Å². The molecule has 2 rings (SSSR count). The van der Waals surface area contributed by atoms with E-state index >= 15 is 0 Å². The van der Waals surface area contributed by atoms with Crippen LogP contribution in [0.1, 0.15) is 59.3 Å². The molecule has 0 radical (unpaired) electrons. The topological polar surface area (TPSA) is 102 Å². The van der Waals surface area contributed by atoms with Crippen LogP contribution in [0.4, 0.5) is 4.79 Å². The molecule has 7 nitrogen and oxygen atoms in total. The van der Waals surface area contributed by atoms with E-state index in [1.54, 1.807) is 6.92 Å². The van der Waals surface area contributed by atoms with Crippen molar-refractivity contribution in [1.82, 2.24) is 15.5 Å². The molecule has 0 aromatic heterocycles. The number of hydrogen-bond donors (Lipinski definition) is 2. The summed E-state index contributed by atoms with van der Waals surface area (Å²) >= 11 is 0. The molecular formula is C17H26N4O3. The molecule has 1 saturated carbocycles. The van der Waals surface area contributed by atoms with Crippen molar-refractivity contribution < 1.29 is 14.4 Å². The van der Waals surface area contributed by atoms with Gasteiger partial charge in [0.25, 0.3) is 5.91 Å².